The molecule has 0 bridgehead atoms. The van der Waals surface area contributed by atoms with Crippen LogP contribution >= 0.6 is 0 Å². The van der Waals surface area contributed by atoms with Gasteiger partial charge in [0.05, 0.1) is 25.4 Å². The molecule has 2 heterocycles. The number of fused-ring (bicyclic) bond motifs is 1. The van der Waals surface area contributed by atoms with Gasteiger partial charge in [0.15, 0.2) is 11.5 Å². The molecule has 124 valence electrons. The molecule has 0 N–H and O–H groups in total. The van der Waals surface area contributed by atoms with E-state index in [0.29, 0.717) is 30.2 Å². The van der Waals surface area contributed by atoms with Gasteiger partial charge in [-0.05, 0) is 25.1 Å². The molecule has 6 nitrogen and oxygen atoms in total. The Morgan fingerprint density at radius 2 is 1.88 bits per heavy atom. The zero-order valence-electron chi connectivity index (χ0n) is 13.9. The number of benzene rings is 1. The average Bonchev–Trinajstić information content (AvgIpc) is 2.61. The monoisotopic (exact) mass is 325 g/mol. The molecule has 0 aliphatic rings. The Labute approximate surface area is 139 Å². The van der Waals surface area contributed by atoms with Crippen LogP contribution in [0.2, 0.25) is 0 Å². The highest BCUT2D eigenvalue weighted by Crippen LogP contribution is 2.32. The van der Waals surface area contributed by atoms with Gasteiger partial charge >= 0.3 is 5.69 Å². The summed E-state index contributed by atoms with van der Waals surface area (Å²) in [7, 11) is 3.16. The van der Waals surface area contributed by atoms with Gasteiger partial charge in [0.1, 0.15) is 0 Å². The number of ether oxygens (including phenoxy) is 2. The SMILES string of the molecule is COc1cc2c(C)nc(=O)n(CCc3ccccn3)c2cc1OC. The van der Waals surface area contributed by atoms with Crippen LogP contribution in [-0.4, -0.2) is 28.8 Å². The van der Waals surface area contributed by atoms with E-state index < -0.39 is 0 Å². The van der Waals surface area contributed by atoms with Crippen molar-refractivity contribution in [2.45, 2.75) is 19.9 Å². The number of nitrogens with zero attached hydrogens (tertiary/aromatic N) is 3. The third-order valence-electron chi connectivity index (χ3n) is 3.99. The summed E-state index contributed by atoms with van der Waals surface area (Å²) in [6.45, 7) is 2.31. The highest BCUT2D eigenvalue weighted by Gasteiger charge is 2.13. The summed E-state index contributed by atoms with van der Waals surface area (Å²) in [5.74, 6) is 1.20. The second-order valence-corrected chi connectivity index (χ2v) is 5.43. The first-order valence-corrected chi connectivity index (χ1v) is 7.67. The summed E-state index contributed by atoms with van der Waals surface area (Å²) in [6, 6.07) is 9.43. The van der Waals surface area contributed by atoms with Gasteiger partial charge in [0, 0.05) is 36.3 Å². The van der Waals surface area contributed by atoms with Crippen LogP contribution in [0.4, 0.5) is 0 Å². The zero-order valence-corrected chi connectivity index (χ0v) is 13.9. The first kappa shape index (κ1) is 16.0. The fourth-order valence-corrected chi connectivity index (χ4v) is 2.74. The van der Waals surface area contributed by atoms with E-state index in [1.807, 2.05) is 37.3 Å². The highest BCUT2D eigenvalue weighted by atomic mass is 16.5. The molecule has 0 aliphatic carbocycles. The molecule has 0 atom stereocenters. The maximum Gasteiger partial charge on any atom is 0.348 e. The number of aromatic nitrogens is 3. The van der Waals surface area contributed by atoms with Crippen LogP contribution < -0.4 is 15.2 Å². The molecular weight excluding hydrogens is 306 g/mol. The van der Waals surface area contributed by atoms with Gasteiger partial charge in [0.25, 0.3) is 0 Å². The molecule has 0 spiro atoms. The number of methoxy groups -OCH3 is 2. The quantitative estimate of drug-likeness (QED) is 0.720. The van der Waals surface area contributed by atoms with Crippen LogP contribution in [0, 0.1) is 6.92 Å². The summed E-state index contributed by atoms with van der Waals surface area (Å²) in [4.78, 5) is 20.8. The van der Waals surface area contributed by atoms with Crippen molar-refractivity contribution in [1.29, 1.82) is 0 Å². The topological polar surface area (TPSA) is 66.2 Å². The van der Waals surface area contributed by atoms with Gasteiger partial charge in [-0.15, -0.1) is 0 Å². The molecule has 0 unspecified atom stereocenters. The van der Waals surface area contributed by atoms with Gasteiger partial charge in [0.2, 0.25) is 0 Å². The van der Waals surface area contributed by atoms with Crippen LogP contribution in [0.5, 0.6) is 11.5 Å². The lowest BCUT2D eigenvalue weighted by atomic mass is 10.1. The van der Waals surface area contributed by atoms with Crippen molar-refractivity contribution in [2.75, 3.05) is 14.2 Å². The van der Waals surface area contributed by atoms with Crippen molar-refractivity contribution >= 4 is 10.9 Å². The fourth-order valence-electron chi connectivity index (χ4n) is 2.74. The molecule has 3 rings (SSSR count). The Bertz CT molecular complexity index is 920. The van der Waals surface area contributed by atoms with Gasteiger partial charge < -0.3 is 9.47 Å². The van der Waals surface area contributed by atoms with E-state index in [-0.39, 0.29) is 5.69 Å². The summed E-state index contributed by atoms with van der Waals surface area (Å²) in [6.07, 6.45) is 2.40. The van der Waals surface area contributed by atoms with E-state index in [1.165, 1.54) is 0 Å². The second kappa shape index (κ2) is 6.70. The minimum atomic E-state index is -0.275. The maximum atomic E-state index is 12.4. The maximum absolute atomic E-state index is 12.4. The molecule has 0 radical (unpaired) electrons. The Kier molecular flexibility index (Phi) is 4.46. The Morgan fingerprint density at radius 1 is 1.12 bits per heavy atom. The normalized spacial score (nSPS) is 10.8. The molecule has 3 aromatic rings. The lowest BCUT2D eigenvalue weighted by Gasteiger charge is -2.14. The van der Waals surface area contributed by atoms with E-state index in [2.05, 4.69) is 9.97 Å². The number of hydrogen-bond acceptors (Lipinski definition) is 5. The minimum Gasteiger partial charge on any atom is -0.493 e. The van der Waals surface area contributed by atoms with Crippen LogP contribution in [0.1, 0.15) is 11.4 Å². The average molecular weight is 325 g/mol. The van der Waals surface area contributed by atoms with Crippen LogP contribution in [-0.2, 0) is 13.0 Å². The number of pyridine rings is 1. The van der Waals surface area contributed by atoms with E-state index >= 15 is 0 Å². The Balaban J connectivity index is 2.10. The van der Waals surface area contributed by atoms with E-state index in [0.717, 1.165) is 16.6 Å². The largest absolute Gasteiger partial charge is 0.493 e. The molecule has 6 heteroatoms. The van der Waals surface area contributed by atoms with Gasteiger partial charge in [-0.2, -0.15) is 4.98 Å². The van der Waals surface area contributed by atoms with Gasteiger partial charge in [-0.3, -0.25) is 9.55 Å². The molecule has 0 saturated carbocycles. The Hall–Kier alpha value is -2.89. The standard InChI is InChI=1S/C18H19N3O3/c1-12-14-10-16(23-2)17(24-3)11-15(14)21(18(22)20-12)9-7-13-6-4-5-8-19-13/h4-6,8,10-11H,7,9H2,1-3H3. The predicted molar refractivity (Wildman–Crippen MR) is 91.8 cm³/mol. The number of aryl methyl sites for hydroxylation is 3. The fraction of sp³-hybridized carbons (Fsp3) is 0.278. The van der Waals surface area contributed by atoms with Gasteiger partial charge in [-0.25, -0.2) is 4.79 Å². The lowest BCUT2D eigenvalue weighted by Crippen LogP contribution is -2.25. The summed E-state index contributed by atoms with van der Waals surface area (Å²) in [5, 5.41) is 0.869. The van der Waals surface area contributed by atoms with Crippen molar-refractivity contribution in [3.63, 3.8) is 0 Å². The smallest absolute Gasteiger partial charge is 0.348 e. The van der Waals surface area contributed by atoms with Crippen molar-refractivity contribution < 1.29 is 9.47 Å². The van der Waals surface area contributed by atoms with Crippen molar-refractivity contribution in [1.82, 2.24) is 14.5 Å². The molecule has 1 aromatic carbocycles. The van der Waals surface area contributed by atoms with Crippen molar-refractivity contribution in [2.24, 2.45) is 0 Å². The Morgan fingerprint density at radius 3 is 2.54 bits per heavy atom. The predicted octanol–water partition coefficient (Wildman–Crippen LogP) is 2.36. The van der Waals surface area contributed by atoms with Crippen LogP contribution in [0.15, 0.2) is 41.3 Å². The summed E-state index contributed by atoms with van der Waals surface area (Å²) >= 11 is 0. The molecule has 2 aromatic heterocycles. The third-order valence-corrected chi connectivity index (χ3v) is 3.99. The first-order valence-electron chi connectivity index (χ1n) is 7.67. The molecule has 0 fully saturated rings. The molecular formula is C18H19N3O3. The molecule has 0 aliphatic heterocycles. The van der Waals surface area contributed by atoms with Crippen LogP contribution in [0.25, 0.3) is 10.9 Å². The number of rotatable bonds is 5. The van der Waals surface area contributed by atoms with E-state index in [9.17, 15) is 4.79 Å². The van der Waals surface area contributed by atoms with Crippen LogP contribution in [0.3, 0.4) is 0 Å². The zero-order chi connectivity index (χ0) is 17.1. The van der Waals surface area contributed by atoms with E-state index in [4.69, 9.17) is 9.47 Å². The molecule has 24 heavy (non-hydrogen) atoms. The second-order valence-electron chi connectivity index (χ2n) is 5.43. The first-order chi connectivity index (χ1) is 11.6. The van der Waals surface area contributed by atoms with Crippen molar-refractivity contribution in [3.05, 3.63) is 58.4 Å². The lowest BCUT2D eigenvalue weighted by molar-refractivity contribution is 0.355. The minimum absolute atomic E-state index is 0.275. The third kappa shape index (κ3) is 2.95. The van der Waals surface area contributed by atoms with Crippen molar-refractivity contribution in [3.8, 4) is 11.5 Å². The summed E-state index contributed by atoms with van der Waals surface area (Å²) < 4.78 is 12.4. The molecule has 0 saturated heterocycles. The summed E-state index contributed by atoms with van der Waals surface area (Å²) in [5.41, 5.74) is 2.10. The van der Waals surface area contributed by atoms with E-state index in [1.54, 1.807) is 25.0 Å². The highest BCUT2D eigenvalue weighted by molar-refractivity contribution is 5.85. The molecule has 0 amide bonds. The number of hydrogen-bond donors (Lipinski definition) is 0. The van der Waals surface area contributed by atoms with Gasteiger partial charge in [-0.1, -0.05) is 6.07 Å².